The van der Waals surface area contributed by atoms with Crippen molar-refractivity contribution >= 4 is 15.9 Å². The first-order valence-electron chi connectivity index (χ1n) is 8.74. The molecule has 0 spiro atoms. The van der Waals surface area contributed by atoms with E-state index in [1.807, 2.05) is 0 Å². The predicted molar refractivity (Wildman–Crippen MR) is 92.0 cm³/mol. The fourth-order valence-corrected chi connectivity index (χ4v) is 5.13. The van der Waals surface area contributed by atoms with Crippen LogP contribution in [0.1, 0.15) is 25.7 Å². The van der Waals surface area contributed by atoms with Crippen molar-refractivity contribution in [2.45, 2.75) is 36.6 Å². The van der Waals surface area contributed by atoms with Gasteiger partial charge in [-0.25, -0.2) is 12.8 Å². The van der Waals surface area contributed by atoms with Crippen LogP contribution in [0.5, 0.6) is 0 Å². The molecule has 2 fully saturated rings. The molecule has 0 atom stereocenters. The first-order valence-corrected chi connectivity index (χ1v) is 10.2. The molecule has 0 unspecified atom stereocenters. The van der Waals surface area contributed by atoms with Crippen molar-refractivity contribution in [3.63, 3.8) is 0 Å². The average molecular weight is 369 g/mol. The van der Waals surface area contributed by atoms with Gasteiger partial charge in [-0.1, -0.05) is 12.8 Å². The third-order valence-electron chi connectivity index (χ3n) is 4.91. The van der Waals surface area contributed by atoms with Gasteiger partial charge in [-0.2, -0.15) is 4.31 Å². The lowest BCUT2D eigenvalue weighted by Crippen LogP contribution is -2.51. The van der Waals surface area contributed by atoms with Crippen LogP contribution in [0.2, 0.25) is 0 Å². The molecule has 1 aliphatic carbocycles. The van der Waals surface area contributed by atoms with Gasteiger partial charge in [-0.3, -0.25) is 4.79 Å². The van der Waals surface area contributed by atoms with Crippen molar-refractivity contribution in [3.05, 3.63) is 30.1 Å². The van der Waals surface area contributed by atoms with Gasteiger partial charge in [0.25, 0.3) is 0 Å². The monoisotopic (exact) mass is 369 g/mol. The van der Waals surface area contributed by atoms with Crippen molar-refractivity contribution in [3.8, 4) is 0 Å². The molecule has 8 heteroatoms. The topological polar surface area (TPSA) is 69.7 Å². The number of nitrogens with one attached hydrogen (secondary N) is 1. The maximum atomic E-state index is 13.2. The Bertz CT molecular complexity index is 696. The summed E-state index contributed by atoms with van der Waals surface area (Å²) >= 11 is 0. The highest BCUT2D eigenvalue weighted by molar-refractivity contribution is 7.89. The summed E-state index contributed by atoms with van der Waals surface area (Å²) in [6.45, 7) is 2.48. The van der Waals surface area contributed by atoms with Crippen molar-refractivity contribution in [1.82, 2.24) is 14.5 Å². The minimum Gasteiger partial charge on any atom is -0.339 e. The average Bonchev–Trinajstić information content (AvgIpc) is 3.14. The molecule has 2 aliphatic rings. The van der Waals surface area contributed by atoms with Crippen LogP contribution in [0.3, 0.4) is 0 Å². The van der Waals surface area contributed by atoms with Crippen LogP contribution in [-0.2, 0) is 14.8 Å². The molecule has 138 valence electrons. The molecule has 3 rings (SSSR count). The second kappa shape index (κ2) is 7.80. The molecule has 25 heavy (non-hydrogen) atoms. The molecule has 0 radical (unpaired) electrons. The Labute approximate surface area is 148 Å². The molecule has 1 heterocycles. The SMILES string of the molecule is O=C(CN(C1CCCC1)S(=O)(=O)c1ccc(F)cc1)N1CCNCC1. The lowest BCUT2D eigenvalue weighted by Gasteiger charge is -2.32. The molecular weight excluding hydrogens is 345 g/mol. The number of rotatable bonds is 5. The number of nitrogens with zero attached hydrogens (tertiary/aromatic N) is 2. The van der Waals surface area contributed by atoms with Gasteiger partial charge in [0, 0.05) is 32.2 Å². The normalized spacial score (nSPS) is 19.5. The largest absolute Gasteiger partial charge is 0.339 e. The van der Waals surface area contributed by atoms with Crippen LogP contribution in [0.25, 0.3) is 0 Å². The summed E-state index contributed by atoms with van der Waals surface area (Å²) in [4.78, 5) is 14.4. The van der Waals surface area contributed by atoms with Gasteiger partial charge in [-0.05, 0) is 37.1 Å². The van der Waals surface area contributed by atoms with E-state index in [2.05, 4.69) is 5.32 Å². The summed E-state index contributed by atoms with van der Waals surface area (Å²) in [5.74, 6) is -0.651. The minimum atomic E-state index is -3.83. The van der Waals surface area contributed by atoms with Crippen LogP contribution >= 0.6 is 0 Å². The van der Waals surface area contributed by atoms with Crippen LogP contribution in [-0.4, -0.2) is 62.3 Å². The molecule has 1 aliphatic heterocycles. The smallest absolute Gasteiger partial charge is 0.243 e. The van der Waals surface area contributed by atoms with Gasteiger partial charge in [-0.15, -0.1) is 0 Å². The Morgan fingerprint density at radius 2 is 1.76 bits per heavy atom. The van der Waals surface area contributed by atoms with E-state index in [0.717, 1.165) is 50.9 Å². The molecule has 1 N–H and O–H groups in total. The van der Waals surface area contributed by atoms with E-state index < -0.39 is 15.8 Å². The van der Waals surface area contributed by atoms with Gasteiger partial charge in [0.05, 0.1) is 11.4 Å². The fraction of sp³-hybridized carbons (Fsp3) is 0.588. The highest BCUT2D eigenvalue weighted by atomic mass is 32.2. The van der Waals surface area contributed by atoms with E-state index in [0.29, 0.717) is 13.1 Å². The third kappa shape index (κ3) is 4.19. The number of carbonyl (C=O) groups excluding carboxylic acids is 1. The van der Waals surface area contributed by atoms with Gasteiger partial charge in [0.2, 0.25) is 15.9 Å². The summed E-state index contributed by atoms with van der Waals surface area (Å²) in [6.07, 6.45) is 3.44. The third-order valence-corrected chi connectivity index (χ3v) is 6.83. The molecule has 0 aromatic heterocycles. The number of halogens is 1. The van der Waals surface area contributed by atoms with Crippen molar-refractivity contribution < 1.29 is 17.6 Å². The number of sulfonamides is 1. The Morgan fingerprint density at radius 1 is 1.16 bits per heavy atom. The standard InChI is InChI=1S/C17H24FN3O3S/c18-14-5-7-16(8-6-14)25(23,24)21(15-3-1-2-4-15)13-17(22)20-11-9-19-10-12-20/h5-8,15,19H,1-4,9-13H2. The Morgan fingerprint density at radius 3 is 2.36 bits per heavy atom. The molecule has 1 saturated heterocycles. The van der Waals surface area contributed by atoms with Crippen LogP contribution < -0.4 is 5.32 Å². The molecule has 6 nitrogen and oxygen atoms in total. The van der Waals surface area contributed by atoms with E-state index in [1.165, 1.54) is 16.4 Å². The van der Waals surface area contributed by atoms with Gasteiger partial charge in [0.1, 0.15) is 5.82 Å². The highest BCUT2D eigenvalue weighted by Gasteiger charge is 2.35. The summed E-state index contributed by atoms with van der Waals surface area (Å²) < 4.78 is 40.6. The summed E-state index contributed by atoms with van der Waals surface area (Å²) in [5.41, 5.74) is 0. The van der Waals surface area contributed by atoms with Crippen molar-refractivity contribution in [2.24, 2.45) is 0 Å². The number of hydrogen-bond acceptors (Lipinski definition) is 4. The lowest BCUT2D eigenvalue weighted by molar-refractivity contribution is -0.132. The Hall–Kier alpha value is -1.51. The van der Waals surface area contributed by atoms with Crippen LogP contribution in [0.4, 0.5) is 4.39 Å². The molecule has 1 saturated carbocycles. The zero-order valence-corrected chi connectivity index (χ0v) is 15.0. The van der Waals surface area contributed by atoms with E-state index in [-0.39, 0.29) is 23.4 Å². The number of amides is 1. The van der Waals surface area contributed by atoms with E-state index in [1.54, 1.807) is 4.90 Å². The first-order chi connectivity index (χ1) is 12.0. The van der Waals surface area contributed by atoms with Crippen molar-refractivity contribution in [1.29, 1.82) is 0 Å². The van der Waals surface area contributed by atoms with Gasteiger partial charge < -0.3 is 10.2 Å². The summed E-state index contributed by atoms with van der Waals surface area (Å²) in [6, 6.07) is 4.64. The number of benzene rings is 1. The van der Waals surface area contributed by atoms with Crippen molar-refractivity contribution in [2.75, 3.05) is 32.7 Å². The second-order valence-corrected chi connectivity index (χ2v) is 8.46. The van der Waals surface area contributed by atoms with Gasteiger partial charge in [0.15, 0.2) is 0 Å². The first kappa shape index (κ1) is 18.3. The highest BCUT2D eigenvalue weighted by Crippen LogP contribution is 2.28. The molecule has 1 aromatic carbocycles. The van der Waals surface area contributed by atoms with E-state index >= 15 is 0 Å². The van der Waals surface area contributed by atoms with Crippen LogP contribution in [0.15, 0.2) is 29.2 Å². The molecule has 1 amide bonds. The Balaban J connectivity index is 1.83. The quantitative estimate of drug-likeness (QED) is 0.847. The molecule has 1 aromatic rings. The zero-order valence-electron chi connectivity index (χ0n) is 14.2. The number of hydrogen-bond donors (Lipinski definition) is 1. The molecular formula is C17H24FN3O3S. The minimum absolute atomic E-state index is 0.0360. The van der Waals surface area contributed by atoms with Gasteiger partial charge >= 0.3 is 0 Å². The summed E-state index contributed by atoms with van der Waals surface area (Å²) in [5, 5.41) is 3.18. The second-order valence-electron chi connectivity index (χ2n) is 6.57. The number of piperazine rings is 1. The number of carbonyl (C=O) groups is 1. The van der Waals surface area contributed by atoms with E-state index in [4.69, 9.17) is 0 Å². The van der Waals surface area contributed by atoms with E-state index in [9.17, 15) is 17.6 Å². The lowest BCUT2D eigenvalue weighted by atomic mass is 10.2. The predicted octanol–water partition coefficient (Wildman–Crippen LogP) is 1.19. The maximum Gasteiger partial charge on any atom is 0.243 e. The Kier molecular flexibility index (Phi) is 5.71. The molecule has 0 bridgehead atoms. The summed E-state index contributed by atoms with van der Waals surface area (Å²) in [7, 11) is -3.83. The zero-order chi connectivity index (χ0) is 17.9. The van der Waals surface area contributed by atoms with Crippen LogP contribution in [0, 0.1) is 5.82 Å². The maximum absolute atomic E-state index is 13.2. The fourth-order valence-electron chi connectivity index (χ4n) is 3.49.